The minimum absolute atomic E-state index is 0.360. The Morgan fingerprint density at radius 2 is 1.86 bits per heavy atom. The normalized spacial score (nSPS) is 12.9. The second-order valence-electron chi connectivity index (χ2n) is 5.79. The van der Waals surface area contributed by atoms with Crippen molar-refractivity contribution in [2.45, 2.75) is 46.6 Å². The smallest absolute Gasteiger partial charge is 0.0804 e. The Labute approximate surface area is 130 Å². The topological polar surface area (TPSA) is 35.5 Å². The molecule has 1 rings (SSSR count). The van der Waals surface area contributed by atoms with Crippen LogP contribution in [0.15, 0.2) is 18.2 Å². The monoisotopic (exact) mass is 292 g/mol. The van der Waals surface area contributed by atoms with Crippen LogP contribution in [0.1, 0.15) is 49.5 Å². The molecule has 0 fully saturated rings. The third-order valence-corrected chi connectivity index (χ3v) is 4.10. The van der Waals surface area contributed by atoms with E-state index in [1.54, 1.807) is 0 Å². The number of aliphatic hydroxyl groups is 1. The highest BCUT2D eigenvalue weighted by Gasteiger charge is 2.09. The van der Waals surface area contributed by atoms with Crippen LogP contribution in [0.2, 0.25) is 0 Å². The highest BCUT2D eigenvalue weighted by molar-refractivity contribution is 5.31. The molecule has 2 N–H and O–H groups in total. The van der Waals surface area contributed by atoms with E-state index in [0.717, 1.165) is 44.7 Å². The molecule has 0 heterocycles. The fourth-order valence-electron chi connectivity index (χ4n) is 2.69. The second kappa shape index (κ2) is 9.93. The maximum atomic E-state index is 10.3. The lowest BCUT2D eigenvalue weighted by atomic mass is 9.99. The molecule has 0 spiro atoms. The Bertz CT molecular complexity index is 402. The third kappa shape index (κ3) is 6.60. The van der Waals surface area contributed by atoms with Crippen molar-refractivity contribution in [3.05, 3.63) is 34.9 Å². The van der Waals surface area contributed by atoms with Crippen molar-refractivity contribution >= 4 is 0 Å². The molecule has 3 heteroatoms. The van der Waals surface area contributed by atoms with Crippen LogP contribution < -0.4 is 5.32 Å². The summed E-state index contributed by atoms with van der Waals surface area (Å²) in [6.45, 7) is 13.9. The van der Waals surface area contributed by atoms with Gasteiger partial charge in [0.25, 0.3) is 0 Å². The fraction of sp³-hybridized carbons (Fsp3) is 0.667. The summed E-state index contributed by atoms with van der Waals surface area (Å²) in [5.41, 5.74) is 3.49. The van der Waals surface area contributed by atoms with Crippen molar-refractivity contribution < 1.29 is 5.11 Å². The summed E-state index contributed by atoms with van der Waals surface area (Å²) < 4.78 is 0. The maximum Gasteiger partial charge on any atom is 0.0804 e. The Morgan fingerprint density at radius 3 is 2.48 bits per heavy atom. The standard InChI is InChI=1S/C18H32N2O/c1-5-20(6-2)13-7-11-19-12-10-18(21)17-9-8-15(3)14-16(17)4/h8-9,14,18-19,21H,5-7,10-13H2,1-4H3. The molecule has 0 saturated heterocycles. The van der Waals surface area contributed by atoms with E-state index >= 15 is 0 Å². The van der Waals surface area contributed by atoms with Gasteiger partial charge >= 0.3 is 0 Å². The van der Waals surface area contributed by atoms with Gasteiger partial charge < -0.3 is 15.3 Å². The molecule has 0 aromatic heterocycles. The number of nitrogens with one attached hydrogen (secondary N) is 1. The molecule has 0 saturated carbocycles. The van der Waals surface area contributed by atoms with Gasteiger partial charge in [-0.15, -0.1) is 0 Å². The van der Waals surface area contributed by atoms with E-state index in [4.69, 9.17) is 0 Å². The lowest BCUT2D eigenvalue weighted by Gasteiger charge is -2.18. The van der Waals surface area contributed by atoms with Gasteiger partial charge in [0.1, 0.15) is 0 Å². The minimum Gasteiger partial charge on any atom is -0.388 e. The molecule has 1 unspecified atom stereocenters. The number of aryl methyl sites for hydroxylation is 2. The SMILES string of the molecule is CCN(CC)CCCNCCC(O)c1ccc(C)cc1C. The Kier molecular flexibility index (Phi) is 8.58. The van der Waals surface area contributed by atoms with E-state index in [1.807, 2.05) is 0 Å². The zero-order chi connectivity index (χ0) is 15.7. The molecule has 1 aromatic carbocycles. The second-order valence-corrected chi connectivity index (χ2v) is 5.79. The molecule has 21 heavy (non-hydrogen) atoms. The third-order valence-electron chi connectivity index (χ3n) is 4.10. The van der Waals surface area contributed by atoms with Crippen LogP contribution in [-0.2, 0) is 0 Å². The average Bonchev–Trinajstić information content (AvgIpc) is 2.46. The number of nitrogens with zero attached hydrogens (tertiary/aromatic N) is 1. The molecular weight excluding hydrogens is 260 g/mol. The van der Waals surface area contributed by atoms with Gasteiger partial charge in [0.2, 0.25) is 0 Å². The zero-order valence-corrected chi connectivity index (χ0v) is 14.2. The number of benzene rings is 1. The van der Waals surface area contributed by atoms with Crippen molar-refractivity contribution in [3.8, 4) is 0 Å². The highest BCUT2D eigenvalue weighted by Crippen LogP contribution is 2.21. The lowest BCUT2D eigenvalue weighted by molar-refractivity contribution is 0.166. The number of hydrogen-bond donors (Lipinski definition) is 2. The molecule has 0 aliphatic rings. The van der Waals surface area contributed by atoms with E-state index in [9.17, 15) is 5.11 Å². The minimum atomic E-state index is -0.360. The van der Waals surface area contributed by atoms with Gasteiger partial charge in [-0.25, -0.2) is 0 Å². The summed E-state index contributed by atoms with van der Waals surface area (Å²) in [6, 6.07) is 6.26. The van der Waals surface area contributed by atoms with Crippen molar-refractivity contribution in [2.24, 2.45) is 0 Å². The largest absolute Gasteiger partial charge is 0.388 e. The van der Waals surface area contributed by atoms with E-state index in [2.05, 4.69) is 56.1 Å². The van der Waals surface area contributed by atoms with Crippen LogP contribution in [-0.4, -0.2) is 42.7 Å². The number of rotatable bonds is 10. The summed E-state index contributed by atoms with van der Waals surface area (Å²) >= 11 is 0. The molecule has 0 bridgehead atoms. The summed E-state index contributed by atoms with van der Waals surface area (Å²) in [5, 5.41) is 13.7. The Hall–Kier alpha value is -0.900. The first-order chi connectivity index (χ1) is 10.1. The van der Waals surface area contributed by atoms with E-state index in [1.165, 1.54) is 17.5 Å². The zero-order valence-electron chi connectivity index (χ0n) is 14.2. The first kappa shape index (κ1) is 18.1. The van der Waals surface area contributed by atoms with Gasteiger partial charge in [0.15, 0.2) is 0 Å². The molecule has 0 radical (unpaired) electrons. The van der Waals surface area contributed by atoms with Crippen LogP contribution in [0, 0.1) is 13.8 Å². The fourth-order valence-corrected chi connectivity index (χ4v) is 2.69. The van der Waals surface area contributed by atoms with Crippen LogP contribution in [0.3, 0.4) is 0 Å². The van der Waals surface area contributed by atoms with Gasteiger partial charge in [0.05, 0.1) is 6.10 Å². The lowest BCUT2D eigenvalue weighted by Crippen LogP contribution is -2.27. The number of hydrogen-bond acceptors (Lipinski definition) is 3. The molecule has 1 atom stereocenters. The molecule has 0 aliphatic heterocycles. The molecule has 120 valence electrons. The predicted molar refractivity (Wildman–Crippen MR) is 90.8 cm³/mol. The maximum absolute atomic E-state index is 10.3. The van der Waals surface area contributed by atoms with E-state index in [-0.39, 0.29) is 6.10 Å². The first-order valence-corrected chi connectivity index (χ1v) is 8.26. The Balaban J connectivity index is 2.20. The highest BCUT2D eigenvalue weighted by atomic mass is 16.3. The quantitative estimate of drug-likeness (QED) is 0.651. The molecular formula is C18H32N2O. The average molecular weight is 292 g/mol. The van der Waals surface area contributed by atoms with Gasteiger partial charge in [-0.2, -0.15) is 0 Å². The van der Waals surface area contributed by atoms with Crippen molar-refractivity contribution in [1.82, 2.24) is 10.2 Å². The first-order valence-electron chi connectivity index (χ1n) is 8.26. The summed E-state index contributed by atoms with van der Waals surface area (Å²) in [4.78, 5) is 2.44. The van der Waals surface area contributed by atoms with Crippen molar-refractivity contribution in [2.75, 3.05) is 32.7 Å². The summed E-state index contributed by atoms with van der Waals surface area (Å²) in [7, 11) is 0. The molecule has 1 aromatic rings. The van der Waals surface area contributed by atoms with Crippen LogP contribution in [0.25, 0.3) is 0 Å². The number of aliphatic hydroxyl groups excluding tert-OH is 1. The Morgan fingerprint density at radius 1 is 1.14 bits per heavy atom. The molecule has 3 nitrogen and oxygen atoms in total. The predicted octanol–water partition coefficient (Wildman–Crippen LogP) is 3.05. The van der Waals surface area contributed by atoms with Crippen LogP contribution in [0.4, 0.5) is 0 Å². The van der Waals surface area contributed by atoms with E-state index < -0.39 is 0 Å². The van der Waals surface area contributed by atoms with Crippen LogP contribution in [0.5, 0.6) is 0 Å². The van der Waals surface area contributed by atoms with Gasteiger partial charge in [-0.3, -0.25) is 0 Å². The van der Waals surface area contributed by atoms with Gasteiger partial charge in [-0.05, 0) is 70.5 Å². The van der Waals surface area contributed by atoms with Gasteiger partial charge in [0, 0.05) is 0 Å². The van der Waals surface area contributed by atoms with Gasteiger partial charge in [-0.1, -0.05) is 37.6 Å². The summed E-state index contributed by atoms with van der Waals surface area (Å²) in [6.07, 6.45) is 1.58. The molecule has 0 amide bonds. The van der Waals surface area contributed by atoms with E-state index in [0.29, 0.717) is 0 Å². The molecule has 0 aliphatic carbocycles. The van der Waals surface area contributed by atoms with Crippen molar-refractivity contribution in [1.29, 1.82) is 0 Å². The van der Waals surface area contributed by atoms with Crippen molar-refractivity contribution in [3.63, 3.8) is 0 Å². The van der Waals surface area contributed by atoms with Crippen LogP contribution >= 0.6 is 0 Å². The summed E-state index contributed by atoms with van der Waals surface area (Å²) in [5.74, 6) is 0.